The van der Waals surface area contributed by atoms with Crippen LogP contribution in [0.4, 0.5) is 5.82 Å². The summed E-state index contributed by atoms with van der Waals surface area (Å²) in [6.07, 6.45) is 1.60. The fourth-order valence-corrected chi connectivity index (χ4v) is 2.93. The summed E-state index contributed by atoms with van der Waals surface area (Å²) in [6.45, 7) is 1.85. The molecule has 0 spiro atoms. The molecule has 2 heterocycles. The first-order valence-corrected chi connectivity index (χ1v) is 6.83. The Bertz CT molecular complexity index is 814. The van der Waals surface area contributed by atoms with Crippen LogP contribution in [0.3, 0.4) is 0 Å². The van der Waals surface area contributed by atoms with Crippen LogP contribution in [0.1, 0.15) is 22.9 Å². The minimum Gasteiger partial charge on any atom is -0.390 e. The van der Waals surface area contributed by atoms with E-state index in [1.54, 1.807) is 0 Å². The molecule has 0 unspecified atom stereocenters. The lowest BCUT2D eigenvalue weighted by Crippen LogP contribution is -2.21. The number of benzene rings is 1. The first kappa shape index (κ1) is 12.3. The van der Waals surface area contributed by atoms with E-state index in [0.717, 1.165) is 22.2 Å². The first-order valence-electron chi connectivity index (χ1n) is 6.83. The maximum atomic E-state index is 10.3. The number of aliphatic hydroxyl groups is 1. The second-order valence-corrected chi connectivity index (χ2v) is 5.26. The molecule has 0 bridgehead atoms. The summed E-state index contributed by atoms with van der Waals surface area (Å²) in [5.74, 6) is 0.638. The zero-order valence-electron chi connectivity index (χ0n) is 11.4. The van der Waals surface area contributed by atoms with E-state index in [-0.39, 0.29) is 6.04 Å². The van der Waals surface area contributed by atoms with Gasteiger partial charge in [0.25, 0.3) is 5.71 Å². The molecule has 0 aliphatic heterocycles. The molecule has 2 aromatic heterocycles. The van der Waals surface area contributed by atoms with Crippen LogP contribution >= 0.6 is 0 Å². The molecule has 2 N–H and O–H groups in total. The van der Waals surface area contributed by atoms with Crippen LogP contribution in [0.5, 0.6) is 0 Å². The smallest absolute Gasteiger partial charge is 0.263 e. The van der Waals surface area contributed by atoms with Crippen LogP contribution in [-0.2, 0) is 6.42 Å². The molecule has 0 saturated heterocycles. The maximum absolute atomic E-state index is 10.3. The van der Waals surface area contributed by atoms with Gasteiger partial charge in [0.05, 0.1) is 17.8 Å². The summed E-state index contributed by atoms with van der Waals surface area (Å²) in [5.41, 5.74) is 3.44. The molecular weight excluding hydrogens is 268 g/mol. The van der Waals surface area contributed by atoms with Crippen molar-refractivity contribution in [3.05, 3.63) is 47.4 Å². The molecular formula is C15H14N4O2. The summed E-state index contributed by atoms with van der Waals surface area (Å²) in [7, 11) is 0. The molecule has 0 amide bonds. The number of nitrogens with one attached hydrogen (secondary N) is 1. The minimum absolute atomic E-state index is 0.186. The number of hydrogen-bond donors (Lipinski definition) is 2. The average molecular weight is 282 g/mol. The number of fused-ring (bicyclic) bond motifs is 2. The lowest BCUT2D eigenvalue weighted by molar-refractivity contribution is 0.165. The van der Waals surface area contributed by atoms with Gasteiger partial charge in [-0.25, -0.2) is 4.98 Å². The van der Waals surface area contributed by atoms with Gasteiger partial charge < -0.3 is 14.9 Å². The largest absolute Gasteiger partial charge is 0.390 e. The second-order valence-electron chi connectivity index (χ2n) is 5.26. The maximum Gasteiger partial charge on any atom is 0.263 e. The van der Waals surface area contributed by atoms with Gasteiger partial charge in [0.2, 0.25) is 0 Å². The number of nitrogens with zero attached hydrogens (tertiary/aromatic N) is 3. The standard InChI is InChI=1S/C15H14N4O2/c1-8-12-14(16-7-17-15(12)21-19-8)18-13-10-5-3-2-4-9(10)6-11(13)20/h2-5,7,11,13,20H,6H2,1H3,(H,16,17,18)/t11-,13+/m1/s1. The van der Waals surface area contributed by atoms with Crippen LogP contribution in [0.2, 0.25) is 0 Å². The number of rotatable bonds is 2. The summed E-state index contributed by atoms with van der Waals surface area (Å²) in [5, 5.41) is 18.3. The quantitative estimate of drug-likeness (QED) is 0.748. The minimum atomic E-state index is -0.479. The molecule has 21 heavy (non-hydrogen) atoms. The summed E-state index contributed by atoms with van der Waals surface area (Å²) >= 11 is 0. The molecule has 1 aliphatic carbocycles. The van der Waals surface area contributed by atoms with Gasteiger partial charge in [-0.2, -0.15) is 4.98 Å². The van der Waals surface area contributed by atoms with Gasteiger partial charge in [-0.3, -0.25) is 0 Å². The van der Waals surface area contributed by atoms with Crippen molar-refractivity contribution in [2.45, 2.75) is 25.5 Å². The van der Waals surface area contributed by atoms with Crippen molar-refractivity contribution >= 4 is 16.9 Å². The molecule has 4 rings (SSSR count). The Kier molecular flexibility index (Phi) is 2.65. The highest BCUT2D eigenvalue weighted by Gasteiger charge is 2.31. The third kappa shape index (κ3) is 1.87. The summed E-state index contributed by atoms with van der Waals surface area (Å²) in [4.78, 5) is 8.34. The fourth-order valence-electron chi connectivity index (χ4n) is 2.93. The van der Waals surface area contributed by atoms with Crippen molar-refractivity contribution in [2.75, 3.05) is 5.32 Å². The number of anilines is 1. The van der Waals surface area contributed by atoms with Gasteiger partial charge in [-0.05, 0) is 18.1 Å². The molecule has 3 aromatic rings. The van der Waals surface area contributed by atoms with Crippen LogP contribution in [0.15, 0.2) is 35.1 Å². The number of aryl methyl sites for hydroxylation is 1. The van der Waals surface area contributed by atoms with Crippen molar-refractivity contribution in [1.82, 2.24) is 15.1 Å². The van der Waals surface area contributed by atoms with Crippen molar-refractivity contribution in [2.24, 2.45) is 0 Å². The Morgan fingerprint density at radius 3 is 3.05 bits per heavy atom. The average Bonchev–Trinajstić information content (AvgIpc) is 3.02. The van der Waals surface area contributed by atoms with Gasteiger partial charge in [-0.15, -0.1) is 0 Å². The Hall–Kier alpha value is -2.47. The van der Waals surface area contributed by atoms with Crippen LogP contribution in [0, 0.1) is 6.92 Å². The van der Waals surface area contributed by atoms with Gasteiger partial charge >= 0.3 is 0 Å². The molecule has 6 heteroatoms. The Balaban J connectivity index is 1.77. The predicted molar refractivity (Wildman–Crippen MR) is 76.9 cm³/mol. The van der Waals surface area contributed by atoms with Crippen molar-refractivity contribution in [1.29, 1.82) is 0 Å². The van der Waals surface area contributed by atoms with Crippen molar-refractivity contribution in [3.8, 4) is 0 Å². The monoisotopic (exact) mass is 282 g/mol. The molecule has 6 nitrogen and oxygen atoms in total. The topological polar surface area (TPSA) is 84.1 Å². The Labute approximate surface area is 120 Å². The Morgan fingerprint density at radius 2 is 2.14 bits per heavy atom. The molecule has 0 fully saturated rings. The molecule has 106 valence electrons. The lowest BCUT2D eigenvalue weighted by Gasteiger charge is -2.18. The van der Waals surface area contributed by atoms with Gasteiger partial charge in [0, 0.05) is 6.42 Å². The number of aromatic nitrogens is 3. The highest BCUT2D eigenvalue weighted by atomic mass is 16.5. The lowest BCUT2D eigenvalue weighted by atomic mass is 10.1. The molecule has 2 atom stereocenters. The fraction of sp³-hybridized carbons (Fsp3) is 0.267. The van der Waals surface area contributed by atoms with E-state index in [1.807, 2.05) is 31.2 Å². The molecule has 1 aliphatic rings. The van der Waals surface area contributed by atoms with E-state index in [9.17, 15) is 5.11 Å². The summed E-state index contributed by atoms with van der Waals surface area (Å²) in [6, 6.07) is 7.85. The van der Waals surface area contributed by atoms with E-state index in [2.05, 4.69) is 20.4 Å². The van der Waals surface area contributed by atoms with E-state index >= 15 is 0 Å². The molecule has 1 aromatic carbocycles. The van der Waals surface area contributed by atoms with E-state index in [1.165, 1.54) is 6.33 Å². The normalized spacial score (nSPS) is 20.7. The second kappa shape index (κ2) is 4.53. The predicted octanol–water partition coefficient (Wildman–Crippen LogP) is 2.00. The summed E-state index contributed by atoms with van der Waals surface area (Å²) < 4.78 is 5.15. The Morgan fingerprint density at radius 1 is 1.29 bits per heavy atom. The number of aliphatic hydroxyl groups excluding tert-OH is 1. The van der Waals surface area contributed by atoms with Crippen LogP contribution in [0.25, 0.3) is 11.1 Å². The van der Waals surface area contributed by atoms with Gasteiger partial charge in [-0.1, -0.05) is 29.4 Å². The first-order chi connectivity index (χ1) is 10.2. The van der Waals surface area contributed by atoms with Crippen molar-refractivity contribution in [3.63, 3.8) is 0 Å². The van der Waals surface area contributed by atoms with E-state index < -0.39 is 6.10 Å². The molecule has 0 radical (unpaired) electrons. The van der Waals surface area contributed by atoms with Gasteiger partial charge in [0.1, 0.15) is 17.5 Å². The van der Waals surface area contributed by atoms with Crippen LogP contribution < -0.4 is 5.32 Å². The third-order valence-electron chi connectivity index (χ3n) is 3.94. The zero-order valence-corrected chi connectivity index (χ0v) is 11.4. The van der Waals surface area contributed by atoms with Crippen molar-refractivity contribution < 1.29 is 9.63 Å². The number of hydrogen-bond acceptors (Lipinski definition) is 6. The van der Waals surface area contributed by atoms with E-state index in [0.29, 0.717) is 18.0 Å². The highest BCUT2D eigenvalue weighted by Crippen LogP contribution is 2.35. The zero-order chi connectivity index (χ0) is 14.4. The van der Waals surface area contributed by atoms with E-state index in [4.69, 9.17) is 4.52 Å². The van der Waals surface area contributed by atoms with Gasteiger partial charge in [0.15, 0.2) is 0 Å². The SMILES string of the molecule is Cc1noc2ncnc(N[C@H]3c4ccccc4C[C@H]3O)c12. The molecule has 0 saturated carbocycles. The highest BCUT2D eigenvalue weighted by molar-refractivity contribution is 5.87. The van der Waals surface area contributed by atoms with Crippen LogP contribution in [-0.4, -0.2) is 26.3 Å². The third-order valence-corrected chi connectivity index (χ3v) is 3.94.